The molecule has 1 heterocycles. The van der Waals surface area contributed by atoms with E-state index in [4.69, 9.17) is 5.73 Å². The Bertz CT molecular complexity index is 261. The van der Waals surface area contributed by atoms with Crippen LogP contribution in [0.3, 0.4) is 0 Å². The van der Waals surface area contributed by atoms with Crippen LogP contribution in [0.5, 0.6) is 0 Å². The molecule has 1 aliphatic rings. The van der Waals surface area contributed by atoms with Crippen LogP contribution < -0.4 is 11.1 Å². The zero-order valence-corrected chi connectivity index (χ0v) is 7.27. The first-order valence-electron chi connectivity index (χ1n) is 4.09. The predicted octanol–water partition coefficient (Wildman–Crippen LogP) is 0.532. The van der Waals surface area contributed by atoms with Crippen LogP contribution in [0.2, 0.25) is 0 Å². The molecule has 80 valence electrons. The van der Waals surface area contributed by atoms with Crippen LogP contribution in [0.4, 0.5) is 13.2 Å². The number of guanidine groups is 1. The van der Waals surface area contributed by atoms with Crippen molar-refractivity contribution in [1.82, 2.24) is 5.32 Å². The van der Waals surface area contributed by atoms with Gasteiger partial charge in [-0.1, -0.05) is 0 Å². The summed E-state index contributed by atoms with van der Waals surface area (Å²) in [5, 5.41) is 2.22. The van der Waals surface area contributed by atoms with E-state index >= 15 is 0 Å². The Morgan fingerprint density at radius 2 is 2.14 bits per heavy atom. The summed E-state index contributed by atoms with van der Waals surface area (Å²) in [6.45, 7) is 0. The van der Waals surface area contributed by atoms with Crippen molar-refractivity contribution in [3.8, 4) is 0 Å². The van der Waals surface area contributed by atoms with E-state index in [1.807, 2.05) is 0 Å². The number of nitrogens with two attached hydrogens (primary N) is 1. The first-order chi connectivity index (χ1) is 6.38. The number of aliphatic imine (C=N–C) groups is 1. The fourth-order valence-corrected chi connectivity index (χ4v) is 1.16. The second-order valence-electron chi connectivity index (χ2n) is 3.03. The molecule has 1 unspecified atom stereocenters. The SMILES string of the molecule is NC1=NC(CCCC(F)(F)F)C(=O)N1. The van der Waals surface area contributed by atoms with Crippen molar-refractivity contribution in [3.63, 3.8) is 0 Å². The maximum Gasteiger partial charge on any atom is 0.389 e. The third kappa shape index (κ3) is 3.23. The predicted molar refractivity (Wildman–Crippen MR) is 43.5 cm³/mol. The summed E-state index contributed by atoms with van der Waals surface area (Å²) >= 11 is 0. The number of carbonyl (C=O) groups excluding carboxylic acids is 1. The highest BCUT2D eigenvalue weighted by Gasteiger charge is 2.29. The van der Waals surface area contributed by atoms with E-state index in [2.05, 4.69) is 10.3 Å². The molecule has 0 aromatic carbocycles. The zero-order valence-electron chi connectivity index (χ0n) is 7.27. The van der Waals surface area contributed by atoms with Gasteiger partial charge in [0.2, 0.25) is 0 Å². The van der Waals surface area contributed by atoms with Crippen LogP contribution in [0.15, 0.2) is 4.99 Å². The smallest absolute Gasteiger partial charge is 0.370 e. The number of halogens is 3. The van der Waals surface area contributed by atoms with E-state index in [0.717, 1.165) is 0 Å². The minimum Gasteiger partial charge on any atom is -0.370 e. The van der Waals surface area contributed by atoms with Crippen molar-refractivity contribution in [2.45, 2.75) is 31.5 Å². The fraction of sp³-hybridized carbons (Fsp3) is 0.714. The van der Waals surface area contributed by atoms with E-state index in [9.17, 15) is 18.0 Å². The Hall–Kier alpha value is -1.27. The minimum atomic E-state index is -4.18. The third-order valence-corrected chi connectivity index (χ3v) is 1.79. The lowest BCUT2D eigenvalue weighted by molar-refractivity contribution is -0.136. The quantitative estimate of drug-likeness (QED) is 0.712. The van der Waals surface area contributed by atoms with Crippen molar-refractivity contribution < 1.29 is 18.0 Å². The molecule has 4 nitrogen and oxygen atoms in total. The molecule has 0 radical (unpaired) electrons. The number of hydrogen-bond acceptors (Lipinski definition) is 3. The standard InChI is InChI=1S/C7H10F3N3O/c8-7(9,10)3-1-2-4-5(14)13-6(11)12-4/h4H,1-3H2,(H3,11,12,13,14). The van der Waals surface area contributed by atoms with Crippen molar-refractivity contribution in [2.75, 3.05) is 0 Å². The molecule has 0 bridgehead atoms. The first-order valence-corrected chi connectivity index (χ1v) is 4.09. The number of rotatable bonds is 3. The molecule has 1 rings (SSSR count). The zero-order chi connectivity index (χ0) is 10.8. The van der Waals surface area contributed by atoms with Gasteiger partial charge < -0.3 is 5.73 Å². The van der Waals surface area contributed by atoms with Crippen LogP contribution >= 0.6 is 0 Å². The van der Waals surface area contributed by atoms with Crippen molar-refractivity contribution >= 4 is 11.9 Å². The van der Waals surface area contributed by atoms with Crippen molar-refractivity contribution in [1.29, 1.82) is 0 Å². The van der Waals surface area contributed by atoms with Gasteiger partial charge in [0.1, 0.15) is 6.04 Å². The van der Waals surface area contributed by atoms with E-state index in [1.54, 1.807) is 0 Å². The molecule has 7 heteroatoms. The van der Waals surface area contributed by atoms with Crippen LogP contribution in [-0.2, 0) is 4.79 Å². The lowest BCUT2D eigenvalue weighted by Gasteiger charge is -2.06. The Labute approximate surface area is 78.4 Å². The summed E-state index contributed by atoms with van der Waals surface area (Å²) in [7, 11) is 0. The number of carbonyl (C=O) groups is 1. The van der Waals surface area contributed by atoms with Gasteiger partial charge in [0.05, 0.1) is 0 Å². The summed E-state index contributed by atoms with van der Waals surface area (Å²) in [4.78, 5) is 14.6. The fourth-order valence-electron chi connectivity index (χ4n) is 1.16. The normalized spacial score (nSPS) is 22.1. The third-order valence-electron chi connectivity index (χ3n) is 1.79. The molecular weight excluding hydrogens is 199 g/mol. The minimum absolute atomic E-state index is 0.0213. The first kappa shape index (κ1) is 10.8. The summed E-state index contributed by atoms with van der Waals surface area (Å²) in [5.74, 6) is -0.448. The number of alkyl halides is 3. The summed E-state index contributed by atoms with van der Waals surface area (Å²) < 4.78 is 35.2. The molecular formula is C7H10F3N3O. The molecule has 1 aliphatic heterocycles. The van der Waals surface area contributed by atoms with Gasteiger partial charge in [0, 0.05) is 6.42 Å². The van der Waals surface area contributed by atoms with Crippen LogP contribution in [-0.4, -0.2) is 24.1 Å². The lowest BCUT2D eigenvalue weighted by atomic mass is 10.1. The van der Waals surface area contributed by atoms with Gasteiger partial charge in [-0.3, -0.25) is 10.1 Å². The Morgan fingerprint density at radius 3 is 2.57 bits per heavy atom. The molecule has 0 aliphatic carbocycles. The highest BCUT2D eigenvalue weighted by Crippen LogP contribution is 2.23. The summed E-state index contributed by atoms with van der Waals surface area (Å²) in [6, 6.07) is -0.752. The summed E-state index contributed by atoms with van der Waals surface area (Å²) in [6.07, 6.45) is -5.11. The summed E-state index contributed by atoms with van der Waals surface area (Å²) in [5.41, 5.74) is 5.17. The number of nitrogens with one attached hydrogen (secondary N) is 1. The molecule has 0 saturated heterocycles. The highest BCUT2D eigenvalue weighted by molar-refractivity contribution is 6.04. The number of nitrogens with zero attached hydrogens (tertiary/aromatic N) is 1. The molecule has 0 fully saturated rings. The lowest BCUT2D eigenvalue weighted by Crippen LogP contribution is -2.33. The molecule has 1 amide bonds. The Morgan fingerprint density at radius 1 is 1.50 bits per heavy atom. The molecule has 0 saturated carbocycles. The van der Waals surface area contributed by atoms with Gasteiger partial charge >= 0.3 is 6.18 Å². The van der Waals surface area contributed by atoms with Crippen LogP contribution in [0.1, 0.15) is 19.3 Å². The van der Waals surface area contributed by atoms with Gasteiger partial charge in [-0.05, 0) is 12.8 Å². The number of amides is 1. The van der Waals surface area contributed by atoms with Gasteiger partial charge in [0.25, 0.3) is 5.91 Å². The Balaban J connectivity index is 2.29. The molecule has 0 spiro atoms. The van der Waals surface area contributed by atoms with Gasteiger partial charge in [-0.15, -0.1) is 0 Å². The van der Waals surface area contributed by atoms with Gasteiger partial charge in [-0.2, -0.15) is 13.2 Å². The van der Waals surface area contributed by atoms with E-state index < -0.39 is 24.5 Å². The molecule has 1 atom stereocenters. The van der Waals surface area contributed by atoms with Crippen molar-refractivity contribution in [3.05, 3.63) is 0 Å². The number of hydrogen-bond donors (Lipinski definition) is 2. The largest absolute Gasteiger partial charge is 0.389 e. The molecule has 0 aromatic rings. The molecule has 0 aromatic heterocycles. The van der Waals surface area contributed by atoms with E-state index in [-0.39, 0.29) is 18.8 Å². The maximum absolute atomic E-state index is 11.7. The topological polar surface area (TPSA) is 67.5 Å². The van der Waals surface area contributed by atoms with Gasteiger partial charge in [-0.25, -0.2) is 4.99 Å². The molecule has 14 heavy (non-hydrogen) atoms. The van der Waals surface area contributed by atoms with Crippen LogP contribution in [0.25, 0.3) is 0 Å². The maximum atomic E-state index is 11.7. The van der Waals surface area contributed by atoms with E-state index in [1.165, 1.54) is 0 Å². The second-order valence-corrected chi connectivity index (χ2v) is 3.03. The van der Waals surface area contributed by atoms with Crippen molar-refractivity contribution in [2.24, 2.45) is 10.7 Å². The monoisotopic (exact) mass is 209 g/mol. The molecule has 3 N–H and O–H groups in total. The second kappa shape index (κ2) is 3.85. The average Bonchev–Trinajstić information content (AvgIpc) is 2.27. The van der Waals surface area contributed by atoms with E-state index in [0.29, 0.717) is 0 Å². The Kier molecular flexibility index (Phi) is 2.97. The van der Waals surface area contributed by atoms with Crippen LogP contribution in [0, 0.1) is 0 Å². The van der Waals surface area contributed by atoms with Gasteiger partial charge in [0.15, 0.2) is 5.96 Å². The average molecular weight is 209 g/mol. The highest BCUT2D eigenvalue weighted by atomic mass is 19.4.